The fourth-order valence-corrected chi connectivity index (χ4v) is 2.18. The number of furan rings is 1. The monoisotopic (exact) mass is 358 g/mol. The van der Waals surface area contributed by atoms with Crippen LogP contribution in [0.3, 0.4) is 0 Å². The molecular weight excluding hydrogens is 348 g/mol. The van der Waals surface area contributed by atoms with Crippen LogP contribution in [0.15, 0.2) is 45.9 Å². The molecule has 1 aromatic heterocycles. The Kier molecular flexibility index (Phi) is 5.04. The van der Waals surface area contributed by atoms with Gasteiger partial charge in [-0.2, -0.15) is 0 Å². The van der Waals surface area contributed by atoms with Crippen molar-refractivity contribution in [2.24, 2.45) is 5.14 Å². The van der Waals surface area contributed by atoms with Crippen molar-refractivity contribution in [2.75, 3.05) is 11.9 Å². The van der Waals surface area contributed by atoms with E-state index in [2.05, 4.69) is 5.32 Å². The number of nitrogens with one attached hydrogen (secondary N) is 1. The maximum absolute atomic E-state index is 11.7. The summed E-state index contributed by atoms with van der Waals surface area (Å²) < 4.78 is 31.5. The van der Waals surface area contributed by atoms with E-state index >= 15 is 0 Å². The van der Waals surface area contributed by atoms with Crippen LogP contribution >= 0.6 is 11.6 Å². The predicted octanol–water partition coefficient (Wildman–Crippen LogP) is 1.38. The number of benzene rings is 1. The maximum atomic E-state index is 11.7. The van der Waals surface area contributed by atoms with Crippen LogP contribution < -0.4 is 10.5 Å². The summed E-state index contributed by atoms with van der Waals surface area (Å²) in [6.45, 7) is -0.602. The molecule has 122 valence electrons. The van der Waals surface area contributed by atoms with Gasteiger partial charge in [-0.05, 0) is 24.3 Å². The molecule has 1 amide bonds. The van der Waals surface area contributed by atoms with Gasteiger partial charge in [0.25, 0.3) is 15.9 Å². The van der Waals surface area contributed by atoms with E-state index in [-0.39, 0.29) is 5.76 Å². The molecule has 0 fully saturated rings. The quantitative estimate of drug-likeness (QED) is 0.777. The number of esters is 1. The number of hydrogen-bond donors (Lipinski definition) is 2. The highest BCUT2D eigenvalue weighted by Crippen LogP contribution is 2.20. The molecule has 8 nitrogen and oxygen atoms in total. The number of rotatable bonds is 5. The molecule has 0 bridgehead atoms. The van der Waals surface area contributed by atoms with Crippen LogP contribution in [0.1, 0.15) is 10.6 Å². The van der Waals surface area contributed by atoms with E-state index in [4.69, 9.17) is 25.9 Å². The van der Waals surface area contributed by atoms with E-state index in [1.165, 1.54) is 0 Å². The number of para-hydroxylation sites is 1. The van der Waals surface area contributed by atoms with Gasteiger partial charge in [0.05, 0.1) is 10.7 Å². The number of carbonyl (C=O) groups is 2. The number of hydrogen-bond acceptors (Lipinski definition) is 6. The van der Waals surface area contributed by atoms with E-state index in [1.807, 2.05) is 0 Å². The molecule has 0 unspecified atom stereocenters. The summed E-state index contributed by atoms with van der Waals surface area (Å²) in [7, 11) is -4.06. The first kappa shape index (κ1) is 17.0. The Labute approximate surface area is 136 Å². The third-order valence-corrected chi connectivity index (χ3v) is 3.66. The number of ether oxygens (including phenoxy) is 1. The second-order valence-corrected chi connectivity index (χ2v) is 6.17. The van der Waals surface area contributed by atoms with Crippen LogP contribution in [0.2, 0.25) is 5.02 Å². The average molecular weight is 359 g/mol. The average Bonchev–Trinajstić information content (AvgIpc) is 2.97. The van der Waals surface area contributed by atoms with Gasteiger partial charge in [0.15, 0.2) is 6.61 Å². The first-order chi connectivity index (χ1) is 10.8. The van der Waals surface area contributed by atoms with Gasteiger partial charge in [0.1, 0.15) is 0 Å². The molecule has 0 spiro atoms. The van der Waals surface area contributed by atoms with E-state index in [0.717, 1.165) is 12.1 Å². The van der Waals surface area contributed by atoms with Gasteiger partial charge in [-0.1, -0.05) is 23.7 Å². The molecular formula is C13H11ClN2O6S. The molecule has 10 heteroatoms. The summed E-state index contributed by atoms with van der Waals surface area (Å²) >= 11 is 5.87. The number of amides is 1. The molecule has 3 N–H and O–H groups in total. The molecule has 2 rings (SSSR count). The summed E-state index contributed by atoms with van der Waals surface area (Å²) in [5.41, 5.74) is 0.365. The third-order valence-electron chi connectivity index (χ3n) is 2.55. The van der Waals surface area contributed by atoms with Gasteiger partial charge < -0.3 is 14.5 Å². The summed E-state index contributed by atoms with van der Waals surface area (Å²) in [5.74, 6) is -2.02. The number of anilines is 1. The fourth-order valence-electron chi connectivity index (χ4n) is 1.53. The summed E-state index contributed by atoms with van der Waals surface area (Å²) in [6, 6.07) is 8.61. The Balaban J connectivity index is 1.93. The minimum absolute atomic E-state index is 0.330. The standard InChI is InChI=1S/C13H11ClN2O6S/c14-8-3-1-2-4-9(8)16-11(17)7-21-13(18)10-5-6-12(22-10)23(15,19)20/h1-6H,7H2,(H,16,17)(H2,15,19,20). The van der Waals surface area contributed by atoms with E-state index in [0.29, 0.717) is 10.7 Å². The van der Waals surface area contributed by atoms with Gasteiger partial charge in [-0.15, -0.1) is 0 Å². The van der Waals surface area contributed by atoms with Crippen molar-refractivity contribution in [1.82, 2.24) is 0 Å². The Hall–Kier alpha value is -2.36. The van der Waals surface area contributed by atoms with Crippen molar-refractivity contribution < 1.29 is 27.2 Å². The Bertz CT molecular complexity index is 846. The Morgan fingerprint density at radius 2 is 1.91 bits per heavy atom. The molecule has 0 aliphatic carbocycles. The second-order valence-electron chi connectivity index (χ2n) is 4.27. The van der Waals surface area contributed by atoms with Gasteiger partial charge in [0, 0.05) is 0 Å². The van der Waals surface area contributed by atoms with Crippen LogP contribution in [-0.2, 0) is 19.6 Å². The molecule has 0 saturated carbocycles. The number of carbonyl (C=O) groups excluding carboxylic acids is 2. The number of halogens is 1. The lowest BCUT2D eigenvalue weighted by Crippen LogP contribution is -2.21. The largest absolute Gasteiger partial charge is 0.450 e. The highest BCUT2D eigenvalue weighted by atomic mass is 35.5. The minimum atomic E-state index is -4.06. The fraction of sp³-hybridized carbons (Fsp3) is 0.0769. The molecule has 0 atom stereocenters. The molecule has 1 aromatic carbocycles. The molecule has 0 aliphatic heterocycles. The first-order valence-electron chi connectivity index (χ1n) is 6.11. The van der Waals surface area contributed by atoms with Crippen molar-refractivity contribution >= 4 is 39.2 Å². The van der Waals surface area contributed by atoms with Crippen LogP contribution in [0.25, 0.3) is 0 Å². The number of nitrogens with two attached hydrogens (primary N) is 1. The zero-order valence-corrected chi connectivity index (χ0v) is 13.1. The lowest BCUT2D eigenvalue weighted by atomic mass is 10.3. The predicted molar refractivity (Wildman–Crippen MR) is 80.4 cm³/mol. The molecule has 2 aromatic rings. The lowest BCUT2D eigenvalue weighted by Gasteiger charge is -2.07. The van der Waals surface area contributed by atoms with Gasteiger partial charge in [-0.3, -0.25) is 4.79 Å². The van der Waals surface area contributed by atoms with Crippen LogP contribution in [-0.4, -0.2) is 26.9 Å². The molecule has 0 radical (unpaired) electrons. The summed E-state index contributed by atoms with van der Waals surface area (Å²) in [5, 5.41) is 7.05. The van der Waals surface area contributed by atoms with Gasteiger partial charge >= 0.3 is 5.97 Å². The molecule has 1 heterocycles. The number of sulfonamides is 1. The first-order valence-corrected chi connectivity index (χ1v) is 8.04. The third kappa shape index (κ3) is 4.55. The summed E-state index contributed by atoms with van der Waals surface area (Å²) in [6.07, 6.45) is 0. The van der Waals surface area contributed by atoms with E-state index in [1.54, 1.807) is 24.3 Å². The van der Waals surface area contributed by atoms with E-state index < -0.39 is 33.6 Å². The molecule has 23 heavy (non-hydrogen) atoms. The van der Waals surface area contributed by atoms with Crippen molar-refractivity contribution in [1.29, 1.82) is 0 Å². The van der Waals surface area contributed by atoms with E-state index in [9.17, 15) is 18.0 Å². The van der Waals surface area contributed by atoms with Crippen LogP contribution in [0.4, 0.5) is 5.69 Å². The smallest absolute Gasteiger partial charge is 0.374 e. The Morgan fingerprint density at radius 1 is 1.22 bits per heavy atom. The zero-order valence-electron chi connectivity index (χ0n) is 11.5. The molecule has 0 aliphatic rings. The maximum Gasteiger partial charge on any atom is 0.374 e. The number of primary sulfonamides is 1. The topological polar surface area (TPSA) is 129 Å². The van der Waals surface area contributed by atoms with Crippen molar-refractivity contribution in [2.45, 2.75) is 5.09 Å². The normalized spacial score (nSPS) is 11.0. The zero-order chi connectivity index (χ0) is 17.0. The Morgan fingerprint density at radius 3 is 2.52 bits per heavy atom. The van der Waals surface area contributed by atoms with Crippen LogP contribution in [0, 0.1) is 0 Å². The van der Waals surface area contributed by atoms with Gasteiger partial charge in [-0.25, -0.2) is 18.4 Å². The van der Waals surface area contributed by atoms with Crippen molar-refractivity contribution in [3.05, 3.63) is 47.2 Å². The van der Waals surface area contributed by atoms with Crippen molar-refractivity contribution in [3.63, 3.8) is 0 Å². The second kappa shape index (κ2) is 6.82. The highest BCUT2D eigenvalue weighted by Gasteiger charge is 2.19. The van der Waals surface area contributed by atoms with Crippen molar-refractivity contribution in [3.8, 4) is 0 Å². The van der Waals surface area contributed by atoms with Gasteiger partial charge in [0.2, 0.25) is 10.9 Å². The highest BCUT2D eigenvalue weighted by molar-refractivity contribution is 7.89. The summed E-state index contributed by atoms with van der Waals surface area (Å²) in [4.78, 5) is 23.3. The van der Waals surface area contributed by atoms with Crippen LogP contribution in [0.5, 0.6) is 0 Å². The molecule has 0 saturated heterocycles. The lowest BCUT2D eigenvalue weighted by molar-refractivity contribution is -0.119. The minimum Gasteiger partial charge on any atom is -0.450 e. The SMILES string of the molecule is NS(=O)(=O)c1ccc(C(=O)OCC(=O)Nc2ccccc2Cl)o1.